The number of rotatable bonds is 7. The molecule has 0 unspecified atom stereocenters. The van der Waals surface area contributed by atoms with Crippen LogP contribution in [0.2, 0.25) is 0 Å². The quantitative estimate of drug-likeness (QED) is 0.770. The van der Waals surface area contributed by atoms with Crippen molar-refractivity contribution >= 4 is 5.91 Å². The highest BCUT2D eigenvalue weighted by Gasteiger charge is 2.17. The van der Waals surface area contributed by atoms with Crippen LogP contribution < -0.4 is 15.2 Å². The minimum Gasteiger partial charge on any atom is -0.493 e. The number of nitrogens with zero attached hydrogens (tertiary/aromatic N) is 2. The maximum absolute atomic E-state index is 12.4. The summed E-state index contributed by atoms with van der Waals surface area (Å²) >= 11 is 0. The van der Waals surface area contributed by atoms with E-state index in [-0.39, 0.29) is 18.3 Å². The van der Waals surface area contributed by atoms with Crippen molar-refractivity contribution in [3.05, 3.63) is 52.9 Å². The molecule has 0 saturated heterocycles. The summed E-state index contributed by atoms with van der Waals surface area (Å²) in [5.74, 6) is 0.154. The zero-order chi connectivity index (χ0) is 16.8. The lowest BCUT2D eigenvalue weighted by atomic mass is 10.1. The molecule has 1 aromatic heterocycles. The molecule has 1 heterocycles. The Morgan fingerprint density at radius 1 is 1.48 bits per heavy atom. The van der Waals surface area contributed by atoms with Crippen molar-refractivity contribution < 1.29 is 18.7 Å². The van der Waals surface area contributed by atoms with Gasteiger partial charge in [-0.1, -0.05) is 12.7 Å². The summed E-state index contributed by atoms with van der Waals surface area (Å²) in [5, 5.41) is 5.80. The van der Waals surface area contributed by atoms with Gasteiger partial charge in [0.1, 0.15) is 6.61 Å². The van der Waals surface area contributed by atoms with Gasteiger partial charge in [0.2, 0.25) is 5.89 Å². The summed E-state index contributed by atoms with van der Waals surface area (Å²) in [5.41, 5.74) is 0.410. The maximum Gasteiger partial charge on any atom is 0.434 e. The molecule has 23 heavy (non-hydrogen) atoms. The molecular weight excluding hydrogens is 302 g/mol. The van der Waals surface area contributed by atoms with E-state index in [0.29, 0.717) is 23.7 Å². The number of aromatic amines is 1. The Hall–Kier alpha value is -3.03. The molecule has 0 fully saturated rings. The molecule has 0 spiro atoms. The van der Waals surface area contributed by atoms with Crippen LogP contribution in [0.15, 0.2) is 40.1 Å². The molecule has 122 valence electrons. The fourth-order valence-corrected chi connectivity index (χ4v) is 1.89. The zero-order valence-corrected chi connectivity index (χ0v) is 12.9. The number of carbonyl (C=O) groups excluding carboxylic acids is 1. The van der Waals surface area contributed by atoms with Gasteiger partial charge in [-0.2, -0.15) is 0 Å². The number of carbonyl (C=O) groups is 1. The van der Waals surface area contributed by atoms with Crippen LogP contribution in [0, 0.1) is 0 Å². The van der Waals surface area contributed by atoms with Gasteiger partial charge in [0.25, 0.3) is 5.91 Å². The standard InChI is InChI=1S/C15H17N3O5/c1-4-7-22-11-6-5-10(8-12(11)21-3)14(19)18(2)9-13-16-17-15(20)23-13/h4-6,8H,1,7,9H2,2-3H3,(H,17,20). The predicted octanol–water partition coefficient (Wildman–Crippen LogP) is 1.21. The normalized spacial score (nSPS) is 10.2. The first-order valence-corrected chi connectivity index (χ1v) is 6.76. The zero-order valence-electron chi connectivity index (χ0n) is 12.9. The number of nitrogens with one attached hydrogen (secondary N) is 1. The van der Waals surface area contributed by atoms with Crippen LogP contribution in [0.1, 0.15) is 16.2 Å². The highest BCUT2D eigenvalue weighted by Crippen LogP contribution is 2.28. The van der Waals surface area contributed by atoms with E-state index in [2.05, 4.69) is 16.8 Å². The first-order chi connectivity index (χ1) is 11.0. The fraction of sp³-hybridized carbons (Fsp3) is 0.267. The molecule has 8 nitrogen and oxygen atoms in total. The van der Waals surface area contributed by atoms with Gasteiger partial charge < -0.3 is 18.8 Å². The third-order valence-electron chi connectivity index (χ3n) is 2.97. The monoisotopic (exact) mass is 319 g/mol. The van der Waals surface area contributed by atoms with Crippen LogP contribution in [-0.2, 0) is 6.54 Å². The average Bonchev–Trinajstić information content (AvgIpc) is 2.96. The molecule has 2 aromatic rings. The van der Waals surface area contributed by atoms with Gasteiger partial charge in [-0.15, -0.1) is 5.10 Å². The molecule has 0 radical (unpaired) electrons. The number of amides is 1. The van der Waals surface area contributed by atoms with Gasteiger partial charge in [-0.3, -0.25) is 4.79 Å². The van der Waals surface area contributed by atoms with Crippen molar-refractivity contribution in [1.29, 1.82) is 0 Å². The van der Waals surface area contributed by atoms with Gasteiger partial charge in [-0.25, -0.2) is 9.89 Å². The van der Waals surface area contributed by atoms with Crippen LogP contribution in [-0.4, -0.2) is 41.8 Å². The van der Waals surface area contributed by atoms with Crippen molar-refractivity contribution in [3.8, 4) is 11.5 Å². The molecule has 1 aromatic carbocycles. The molecule has 8 heteroatoms. The molecule has 0 aliphatic rings. The van der Waals surface area contributed by atoms with Gasteiger partial charge in [0.15, 0.2) is 11.5 Å². The van der Waals surface area contributed by atoms with Crippen molar-refractivity contribution in [1.82, 2.24) is 15.1 Å². The average molecular weight is 319 g/mol. The topological polar surface area (TPSA) is 97.7 Å². The van der Waals surface area contributed by atoms with E-state index in [9.17, 15) is 9.59 Å². The number of hydrogen-bond acceptors (Lipinski definition) is 6. The molecule has 0 bridgehead atoms. The second kappa shape index (κ2) is 7.30. The van der Waals surface area contributed by atoms with Gasteiger partial charge >= 0.3 is 5.76 Å². The van der Waals surface area contributed by atoms with Gasteiger partial charge in [-0.05, 0) is 18.2 Å². The van der Waals surface area contributed by atoms with E-state index in [1.807, 2.05) is 0 Å². The summed E-state index contributed by atoms with van der Waals surface area (Å²) < 4.78 is 15.4. The Labute approximate surface area is 132 Å². The van der Waals surface area contributed by atoms with Crippen molar-refractivity contribution in [2.75, 3.05) is 20.8 Å². The van der Waals surface area contributed by atoms with Crippen LogP contribution in [0.3, 0.4) is 0 Å². The Kier molecular flexibility index (Phi) is 5.19. The smallest absolute Gasteiger partial charge is 0.434 e. The van der Waals surface area contributed by atoms with E-state index in [4.69, 9.17) is 13.9 Å². The number of aromatic nitrogens is 2. The highest BCUT2D eigenvalue weighted by atomic mass is 16.5. The van der Waals surface area contributed by atoms with Crippen molar-refractivity contribution in [3.63, 3.8) is 0 Å². The van der Waals surface area contributed by atoms with Crippen molar-refractivity contribution in [2.45, 2.75) is 6.54 Å². The van der Waals surface area contributed by atoms with E-state index < -0.39 is 5.76 Å². The molecule has 2 rings (SSSR count). The second-order valence-electron chi connectivity index (χ2n) is 4.63. The lowest BCUT2D eigenvalue weighted by Crippen LogP contribution is -2.26. The molecule has 0 saturated carbocycles. The Balaban J connectivity index is 2.14. The maximum atomic E-state index is 12.4. The summed E-state index contributed by atoms with van der Waals surface area (Å²) in [6.45, 7) is 3.97. The molecule has 0 atom stereocenters. The molecule has 0 aliphatic carbocycles. The van der Waals surface area contributed by atoms with Gasteiger partial charge in [0, 0.05) is 12.6 Å². The van der Waals surface area contributed by atoms with E-state index >= 15 is 0 Å². The lowest BCUT2D eigenvalue weighted by Gasteiger charge is -2.16. The van der Waals surface area contributed by atoms with E-state index in [1.165, 1.54) is 12.0 Å². The third kappa shape index (κ3) is 4.00. The Bertz CT molecular complexity index is 750. The van der Waals surface area contributed by atoms with Crippen LogP contribution in [0.4, 0.5) is 0 Å². The van der Waals surface area contributed by atoms with Gasteiger partial charge in [0.05, 0.1) is 13.7 Å². The molecule has 1 amide bonds. The molecule has 1 N–H and O–H groups in total. The molecular formula is C15H17N3O5. The third-order valence-corrected chi connectivity index (χ3v) is 2.97. The lowest BCUT2D eigenvalue weighted by molar-refractivity contribution is 0.0771. The summed E-state index contributed by atoms with van der Waals surface area (Å²) in [6.07, 6.45) is 1.62. The number of H-pyrrole nitrogens is 1. The second-order valence-corrected chi connectivity index (χ2v) is 4.63. The Morgan fingerprint density at radius 3 is 2.87 bits per heavy atom. The van der Waals surface area contributed by atoms with Crippen molar-refractivity contribution in [2.24, 2.45) is 0 Å². The summed E-state index contributed by atoms with van der Waals surface area (Å²) in [6, 6.07) is 4.86. The fourth-order valence-electron chi connectivity index (χ4n) is 1.89. The van der Waals surface area contributed by atoms with E-state index in [0.717, 1.165) is 0 Å². The number of hydrogen-bond donors (Lipinski definition) is 1. The van der Waals surface area contributed by atoms with Crippen LogP contribution in [0.25, 0.3) is 0 Å². The minimum atomic E-state index is -0.661. The molecule has 0 aliphatic heterocycles. The number of methoxy groups -OCH3 is 1. The highest BCUT2D eigenvalue weighted by molar-refractivity contribution is 5.94. The number of benzene rings is 1. The van der Waals surface area contributed by atoms with Crippen LogP contribution >= 0.6 is 0 Å². The first kappa shape index (κ1) is 16.3. The summed E-state index contributed by atoms with van der Waals surface area (Å²) in [7, 11) is 3.07. The van der Waals surface area contributed by atoms with E-state index in [1.54, 1.807) is 31.3 Å². The van der Waals surface area contributed by atoms with Crippen LogP contribution in [0.5, 0.6) is 11.5 Å². The first-order valence-electron chi connectivity index (χ1n) is 6.76. The number of ether oxygens (including phenoxy) is 2. The predicted molar refractivity (Wildman–Crippen MR) is 81.6 cm³/mol. The SMILES string of the molecule is C=CCOc1ccc(C(=O)N(C)Cc2n[nH]c(=O)o2)cc1OC. The largest absolute Gasteiger partial charge is 0.493 e. The Morgan fingerprint density at radius 2 is 2.26 bits per heavy atom. The summed E-state index contributed by atoms with van der Waals surface area (Å²) in [4.78, 5) is 24.7. The minimum absolute atomic E-state index is 0.0641.